The molecule has 2 rings (SSSR count). The molecule has 0 amide bonds. The number of nitrogens with zero attached hydrogens (tertiary/aromatic N) is 1. The molecule has 2 aliphatic rings. The van der Waals surface area contributed by atoms with Gasteiger partial charge in [-0.15, -0.1) is 0 Å². The first kappa shape index (κ1) is 17.2. The Hall–Kier alpha value is -1.16. The molecule has 0 aromatic carbocycles. The van der Waals surface area contributed by atoms with Crippen LogP contribution in [0.1, 0.15) is 38.5 Å². The maximum absolute atomic E-state index is 10.1. The van der Waals surface area contributed by atoms with Crippen molar-refractivity contribution >= 4 is 5.84 Å². The summed E-state index contributed by atoms with van der Waals surface area (Å²) in [5.41, 5.74) is 0. The highest BCUT2D eigenvalue weighted by Gasteiger charge is 2.26. The van der Waals surface area contributed by atoms with E-state index in [9.17, 15) is 10.4 Å². The molecule has 0 aromatic heterocycles. The van der Waals surface area contributed by atoms with Gasteiger partial charge in [-0.2, -0.15) is 5.26 Å². The smallest absolute Gasteiger partial charge is 0.176 e. The van der Waals surface area contributed by atoms with Gasteiger partial charge in [-0.1, -0.05) is 12.8 Å². The van der Waals surface area contributed by atoms with Crippen LogP contribution in [0.5, 0.6) is 0 Å². The van der Waals surface area contributed by atoms with Crippen molar-refractivity contribution in [2.45, 2.75) is 50.7 Å². The first-order chi connectivity index (χ1) is 10.7. The van der Waals surface area contributed by atoms with Gasteiger partial charge in [0.05, 0.1) is 12.7 Å². The highest BCUT2D eigenvalue weighted by molar-refractivity contribution is 5.84. The van der Waals surface area contributed by atoms with Crippen LogP contribution in [0.4, 0.5) is 0 Å². The standard InChI is InChI=1S/C16H27N3O3/c17-9-14(22-11-13-5-7-21-8-6-13)15(20)16(18)19-10-12-3-1-2-4-12/h12-15,20H,1-8,10-11H2,(H2,18,19). The van der Waals surface area contributed by atoms with Crippen molar-refractivity contribution in [2.24, 2.45) is 11.8 Å². The Morgan fingerprint density at radius 1 is 1.27 bits per heavy atom. The van der Waals surface area contributed by atoms with E-state index in [1.54, 1.807) is 0 Å². The summed E-state index contributed by atoms with van der Waals surface area (Å²) in [4.78, 5) is 0. The van der Waals surface area contributed by atoms with Gasteiger partial charge in [0, 0.05) is 19.8 Å². The predicted octanol–water partition coefficient (Wildman–Crippen LogP) is 1.44. The second kappa shape index (κ2) is 9.09. The minimum atomic E-state index is -1.20. The Morgan fingerprint density at radius 3 is 2.59 bits per heavy atom. The molecule has 0 radical (unpaired) electrons. The van der Waals surface area contributed by atoms with Crippen molar-refractivity contribution in [3.63, 3.8) is 0 Å². The number of amidine groups is 1. The van der Waals surface area contributed by atoms with Gasteiger partial charge in [0.1, 0.15) is 11.9 Å². The van der Waals surface area contributed by atoms with Crippen LogP contribution in [0.15, 0.2) is 0 Å². The fourth-order valence-electron chi connectivity index (χ4n) is 3.08. The SMILES string of the molecule is N#CC(OCC1CCOCC1)C(O)C(=N)NCC1CCCC1. The van der Waals surface area contributed by atoms with Crippen LogP contribution in [0, 0.1) is 28.6 Å². The average molecular weight is 309 g/mol. The van der Waals surface area contributed by atoms with Gasteiger partial charge in [0.25, 0.3) is 0 Å². The molecule has 1 saturated heterocycles. The molecule has 0 bridgehead atoms. The predicted molar refractivity (Wildman–Crippen MR) is 82.6 cm³/mol. The molecule has 1 saturated carbocycles. The third kappa shape index (κ3) is 5.24. The van der Waals surface area contributed by atoms with Crippen LogP contribution in [0.3, 0.4) is 0 Å². The molecule has 1 aliphatic carbocycles. The Balaban J connectivity index is 1.70. The zero-order chi connectivity index (χ0) is 15.8. The van der Waals surface area contributed by atoms with E-state index in [0.717, 1.165) is 26.1 Å². The molecular formula is C16H27N3O3. The monoisotopic (exact) mass is 309 g/mol. The molecule has 2 fully saturated rings. The molecule has 1 aliphatic heterocycles. The summed E-state index contributed by atoms with van der Waals surface area (Å²) in [7, 11) is 0. The lowest BCUT2D eigenvalue weighted by atomic mass is 10.0. The van der Waals surface area contributed by atoms with E-state index in [1.165, 1.54) is 25.7 Å². The van der Waals surface area contributed by atoms with E-state index >= 15 is 0 Å². The molecule has 2 atom stereocenters. The molecule has 6 nitrogen and oxygen atoms in total. The molecule has 22 heavy (non-hydrogen) atoms. The zero-order valence-corrected chi connectivity index (χ0v) is 13.1. The summed E-state index contributed by atoms with van der Waals surface area (Å²) in [6.07, 6.45) is 4.51. The fraction of sp³-hybridized carbons (Fsp3) is 0.875. The molecule has 1 heterocycles. The zero-order valence-electron chi connectivity index (χ0n) is 13.1. The molecule has 2 unspecified atom stereocenters. The maximum atomic E-state index is 10.1. The molecule has 124 valence electrons. The molecular weight excluding hydrogens is 282 g/mol. The number of aliphatic hydroxyl groups is 1. The molecule has 6 heteroatoms. The van der Waals surface area contributed by atoms with Gasteiger partial charge in [-0.3, -0.25) is 5.41 Å². The van der Waals surface area contributed by atoms with Crippen molar-refractivity contribution in [3.8, 4) is 6.07 Å². The second-order valence-corrected chi connectivity index (χ2v) is 6.33. The lowest BCUT2D eigenvalue weighted by Gasteiger charge is -2.25. The summed E-state index contributed by atoms with van der Waals surface area (Å²) >= 11 is 0. The van der Waals surface area contributed by atoms with Crippen LogP contribution in [0.25, 0.3) is 0 Å². The molecule has 3 N–H and O–H groups in total. The Bertz CT molecular complexity index is 385. The van der Waals surface area contributed by atoms with Gasteiger partial charge < -0.3 is 19.9 Å². The topological polar surface area (TPSA) is 98.4 Å². The van der Waals surface area contributed by atoms with Gasteiger partial charge in [0.15, 0.2) is 6.10 Å². The van der Waals surface area contributed by atoms with Gasteiger partial charge in [-0.25, -0.2) is 0 Å². The first-order valence-electron chi connectivity index (χ1n) is 8.30. The fourth-order valence-corrected chi connectivity index (χ4v) is 3.08. The summed E-state index contributed by atoms with van der Waals surface area (Å²) < 4.78 is 10.8. The summed E-state index contributed by atoms with van der Waals surface area (Å²) in [5, 5.41) is 30.2. The number of rotatable bonds is 7. The Morgan fingerprint density at radius 2 is 1.95 bits per heavy atom. The van der Waals surface area contributed by atoms with E-state index < -0.39 is 12.2 Å². The van der Waals surface area contributed by atoms with E-state index in [4.69, 9.17) is 14.9 Å². The lowest BCUT2D eigenvalue weighted by Crippen LogP contribution is -2.44. The average Bonchev–Trinajstić information content (AvgIpc) is 3.07. The second-order valence-electron chi connectivity index (χ2n) is 6.33. The molecule has 0 spiro atoms. The quantitative estimate of drug-likeness (QED) is 0.488. The van der Waals surface area contributed by atoms with Crippen molar-refractivity contribution in [1.29, 1.82) is 10.7 Å². The minimum absolute atomic E-state index is 0.00886. The third-order valence-corrected chi connectivity index (χ3v) is 4.62. The summed E-state index contributed by atoms with van der Waals surface area (Å²) in [5.74, 6) is 0.944. The number of hydrogen-bond donors (Lipinski definition) is 3. The number of nitriles is 1. The van der Waals surface area contributed by atoms with Crippen LogP contribution in [-0.2, 0) is 9.47 Å². The van der Waals surface area contributed by atoms with E-state index in [0.29, 0.717) is 25.0 Å². The largest absolute Gasteiger partial charge is 0.381 e. The highest BCUT2D eigenvalue weighted by Crippen LogP contribution is 2.23. The Labute approximate surface area is 132 Å². The van der Waals surface area contributed by atoms with Gasteiger partial charge >= 0.3 is 0 Å². The number of nitrogens with one attached hydrogen (secondary N) is 2. The first-order valence-corrected chi connectivity index (χ1v) is 8.30. The van der Waals surface area contributed by atoms with Crippen molar-refractivity contribution in [2.75, 3.05) is 26.4 Å². The van der Waals surface area contributed by atoms with E-state index in [-0.39, 0.29) is 5.84 Å². The minimum Gasteiger partial charge on any atom is -0.381 e. The van der Waals surface area contributed by atoms with Crippen LogP contribution < -0.4 is 5.32 Å². The summed E-state index contributed by atoms with van der Waals surface area (Å²) in [6.45, 7) is 2.60. The summed E-state index contributed by atoms with van der Waals surface area (Å²) in [6, 6.07) is 1.97. The third-order valence-electron chi connectivity index (χ3n) is 4.62. The van der Waals surface area contributed by atoms with Crippen LogP contribution in [-0.4, -0.2) is 49.5 Å². The van der Waals surface area contributed by atoms with Crippen LogP contribution in [0.2, 0.25) is 0 Å². The van der Waals surface area contributed by atoms with Crippen molar-refractivity contribution in [3.05, 3.63) is 0 Å². The van der Waals surface area contributed by atoms with Crippen molar-refractivity contribution < 1.29 is 14.6 Å². The maximum Gasteiger partial charge on any atom is 0.176 e. The number of aliphatic hydroxyl groups excluding tert-OH is 1. The normalized spacial score (nSPS) is 22.9. The van der Waals surface area contributed by atoms with Gasteiger partial charge in [-0.05, 0) is 37.5 Å². The Kier molecular flexibility index (Phi) is 7.10. The van der Waals surface area contributed by atoms with Crippen LogP contribution >= 0.6 is 0 Å². The van der Waals surface area contributed by atoms with Crippen molar-refractivity contribution in [1.82, 2.24) is 5.32 Å². The molecule has 0 aromatic rings. The van der Waals surface area contributed by atoms with Gasteiger partial charge in [0.2, 0.25) is 0 Å². The van der Waals surface area contributed by atoms with E-state index in [1.807, 2.05) is 6.07 Å². The highest BCUT2D eigenvalue weighted by atomic mass is 16.5. The van der Waals surface area contributed by atoms with E-state index in [2.05, 4.69) is 5.32 Å². The number of hydrogen-bond acceptors (Lipinski definition) is 5. The number of ether oxygens (including phenoxy) is 2. The lowest BCUT2D eigenvalue weighted by molar-refractivity contribution is -0.0220.